The maximum atomic E-state index is 13.6. The van der Waals surface area contributed by atoms with Gasteiger partial charge in [-0.2, -0.15) is 9.46 Å². The predicted octanol–water partition coefficient (Wildman–Crippen LogP) is 3.97. The summed E-state index contributed by atoms with van der Waals surface area (Å²) >= 11 is 0. The largest absolute Gasteiger partial charge is 0.618 e. The Hall–Kier alpha value is -3.36. The molecule has 1 aliphatic heterocycles. The van der Waals surface area contributed by atoms with Gasteiger partial charge in [0.1, 0.15) is 22.4 Å². The Morgan fingerprint density at radius 2 is 1.08 bits per heavy atom. The topological polar surface area (TPSA) is 86.1 Å². The number of aromatic nitrogens is 4. The maximum absolute atomic E-state index is 13.6. The van der Waals surface area contributed by atoms with Crippen molar-refractivity contribution >= 4 is 22.1 Å². The van der Waals surface area contributed by atoms with E-state index in [0.29, 0.717) is 59.6 Å². The highest BCUT2D eigenvalue weighted by molar-refractivity contribution is 5.71. The Bertz CT molecular complexity index is 1280. The summed E-state index contributed by atoms with van der Waals surface area (Å²) in [7, 11) is 0. The summed E-state index contributed by atoms with van der Waals surface area (Å²) in [6, 6.07) is 15.1. The average molecular weight is 487 g/mol. The molecule has 0 bridgehead atoms. The summed E-state index contributed by atoms with van der Waals surface area (Å²) in [5.74, 6) is 0. The normalized spacial score (nSPS) is 15.2. The van der Waals surface area contributed by atoms with Crippen LogP contribution < -0.4 is 9.46 Å². The zero-order valence-electron chi connectivity index (χ0n) is 21.2. The smallest absolute Gasteiger partial charge is 0.242 e. The highest BCUT2D eigenvalue weighted by atomic mass is 16.5. The van der Waals surface area contributed by atoms with Crippen LogP contribution in [-0.4, -0.2) is 32.9 Å². The summed E-state index contributed by atoms with van der Waals surface area (Å²) in [6.07, 6.45) is 4.08. The second-order valence-corrected chi connectivity index (χ2v) is 9.70. The molecule has 36 heavy (non-hydrogen) atoms. The van der Waals surface area contributed by atoms with E-state index in [1.54, 1.807) is 0 Å². The third kappa shape index (κ3) is 4.83. The van der Waals surface area contributed by atoms with Crippen LogP contribution in [0.2, 0.25) is 0 Å². The summed E-state index contributed by atoms with van der Waals surface area (Å²) in [5.41, 5.74) is 5.52. The molecule has 2 aromatic carbocycles. The van der Waals surface area contributed by atoms with Crippen LogP contribution in [0, 0.1) is 10.4 Å². The van der Waals surface area contributed by atoms with E-state index in [0.717, 1.165) is 59.6 Å². The van der Waals surface area contributed by atoms with E-state index in [9.17, 15) is 10.4 Å². The van der Waals surface area contributed by atoms with Gasteiger partial charge in [0.15, 0.2) is 0 Å². The van der Waals surface area contributed by atoms with Crippen LogP contribution in [0.1, 0.15) is 62.3 Å². The number of nitrogens with zero attached hydrogens (tertiary/aromatic N) is 6. The number of hydrogen-bond acceptors (Lipinski definition) is 6. The first kappa shape index (κ1) is 24.3. The van der Waals surface area contributed by atoms with Crippen molar-refractivity contribution < 1.29 is 9.46 Å². The van der Waals surface area contributed by atoms with Crippen molar-refractivity contribution in [3.63, 3.8) is 0 Å². The van der Waals surface area contributed by atoms with Crippen LogP contribution in [0.4, 0.5) is 0 Å². The molecule has 0 atom stereocenters. The van der Waals surface area contributed by atoms with Gasteiger partial charge >= 0.3 is 0 Å². The number of benzene rings is 2. The Morgan fingerprint density at radius 3 is 1.53 bits per heavy atom. The molecule has 1 aliphatic rings. The second kappa shape index (κ2) is 10.7. The molecule has 2 aromatic heterocycles. The molecule has 0 amide bonds. The SMILES string of the molecule is CCCCN1Cc2nc3ccccc3[n+]([O-])c2CN(CCCC)Cc2c(nc3ccccc3[n+]2[O-])C1. The van der Waals surface area contributed by atoms with Crippen LogP contribution in [0.5, 0.6) is 0 Å². The molecule has 0 spiro atoms. The molecule has 0 saturated heterocycles. The Labute approximate surface area is 212 Å². The molecular weight excluding hydrogens is 452 g/mol. The van der Waals surface area contributed by atoms with Crippen LogP contribution >= 0.6 is 0 Å². The van der Waals surface area contributed by atoms with Gasteiger partial charge in [0.05, 0.1) is 13.1 Å². The second-order valence-electron chi connectivity index (χ2n) is 9.70. The molecule has 188 valence electrons. The number of unbranched alkanes of at least 4 members (excludes halogenated alkanes) is 2. The van der Waals surface area contributed by atoms with E-state index >= 15 is 0 Å². The molecule has 0 fully saturated rings. The van der Waals surface area contributed by atoms with E-state index in [1.165, 1.54) is 0 Å². The van der Waals surface area contributed by atoms with Gasteiger partial charge in [-0.25, -0.2) is 9.97 Å². The van der Waals surface area contributed by atoms with Gasteiger partial charge in [0.25, 0.3) is 0 Å². The molecule has 8 heteroatoms. The van der Waals surface area contributed by atoms with Gasteiger partial charge in [-0.15, -0.1) is 0 Å². The van der Waals surface area contributed by atoms with E-state index in [4.69, 9.17) is 9.97 Å². The summed E-state index contributed by atoms with van der Waals surface area (Å²) in [5, 5.41) is 27.2. The molecule has 0 saturated carbocycles. The first-order chi connectivity index (χ1) is 17.6. The lowest BCUT2D eigenvalue weighted by molar-refractivity contribution is -0.592. The summed E-state index contributed by atoms with van der Waals surface area (Å²) in [4.78, 5) is 14.4. The quantitative estimate of drug-likeness (QED) is 0.303. The number of fused-ring (bicyclic) bond motifs is 4. The fraction of sp³-hybridized carbons (Fsp3) is 0.429. The predicted molar refractivity (Wildman–Crippen MR) is 139 cm³/mol. The third-order valence-corrected chi connectivity index (χ3v) is 7.02. The van der Waals surface area contributed by atoms with E-state index in [-0.39, 0.29) is 0 Å². The van der Waals surface area contributed by atoms with E-state index in [2.05, 4.69) is 23.6 Å². The molecule has 0 radical (unpaired) electrons. The van der Waals surface area contributed by atoms with Crippen LogP contribution in [0.25, 0.3) is 22.1 Å². The number of hydrogen-bond donors (Lipinski definition) is 0. The van der Waals surface area contributed by atoms with Gasteiger partial charge in [0, 0.05) is 25.2 Å². The van der Waals surface area contributed by atoms with Gasteiger partial charge in [-0.1, -0.05) is 51.0 Å². The molecule has 0 unspecified atom stereocenters. The minimum atomic E-state index is 0.435. The number of rotatable bonds is 6. The van der Waals surface area contributed by atoms with E-state index < -0.39 is 0 Å². The van der Waals surface area contributed by atoms with Gasteiger partial charge in [-0.3, -0.25) is 9.80 Å². The van der Waals surface area contributed by atoms with Crippen LogP contribution in [-0.2, 0) is 26.2 Å². The standard InChI is InChI=1S/C28H34N6O2/c1-3-5-15-31-17-23-27(33(35)25-13-9-7-11-21(25)29-23)19-32(16-6-4-2)20-28-24(18-31)30-22-12-8-10-14-26(22)34(28)36/h7-14H,3-6,15-20H2,1-2H3. The zero-order chi connectivity index (χ0) is 25.1. The zero-order valence-corrected chi connectivity index (χ0v) is 21.2. The molecule has 8 nitrogen and oxygen atoms in total. The monoisotopic (exact) mass is 486 g/mol. The van der Waals surface area contributed by atoms with E-state index in [1.807, 2.05) is 48.5 Å². The Morgan fingerprint density at radius 1 is 0.667 bits per heavy atom. The fourth-order valence-electron chi connectivity index (χ4n) is 5.01. The van der Waals surface area contributed by atoms with Gasteiger partial charge in [0.2, 0.25) is 22.4 Å². The molecular formula is C28H34N6O2. The first-order valence-electron chi connectivity index (χ1n) is 13.0. The van der Waals surface area contributed by atoms with Crippen molar-refractivity contribution in [3.05, 3.63) is 81.7 Å². The molecule has 4 aromatic rings. The third-order valence-electron chi connectivity index (χ3n) is 7.02. The lowest BCUT2D eigenvalue weighted by atomic mass is 10.1. The van der Waals surface area contributed by atoms with Crippen molar-refractivity contribution in [3.8, 4) is 0 Å². The lowest BCUT2D eigenvalue weighted by Crippen LogP contribution is -2.44. The fourth-order valence-corrected chi connectivity index (χ4v) is 5.01. The maximum Gasteiger partial charge on any atom is 0.242 e. The average Bonchev–Trinajstić information content (AvgIpc) is 2.89. The molecule has 0 N–H and O–H groups in total. The van der Waals surface area contributed by atoms with Gasteiger partial charge in [-0.05, 0) is 38.1 Å². The first-order valence-corrected chi connectivity index (χ1v) is 13.0. The molecule has 5 rings (SSSR count). The van der Waals surface area contributed by atoms with Crippen molar-refractivity contribution in [1.82, 2.24) is 19.8 Å². The highest BCUT2D eigenvalue weighted by Gasteiger charge is 2.29. The number of para-hydroxylation sites is 4. The van der Waals surface area contributed by atoms with Crippen LogP contribution in [0.15, 0.2) is 48.5 Å². The van der Waals surface area contributed by atoms with Crippen molar-refractivity contribution in [2.24, 2.45) is 0 Å². The Balaban J connectivity index is 1.67. The lowest BCUT2D eigenvalue weighted by Gasteiger charge is -2.28. The minimum Gasteiger partial charge on any atom is -0.618 e. The Kier molecular flexibility index (Phi) is 7.25. The van der Waals surface area contributed by atoms with Crippen molar-refractivity contribution in [1.29, 1.82) is 0 Å². The molecule has 3 heterocycles. The molecule has 0 aliphatic carbocycles. The van der Waals surface area contributed by atoms with Gasteiger partial charge < -0.3 is 10.4 Å². The van der Waals surface area contributed by atoms with Crippen LogP contribution in [0.3, 0.4) is 0 Å². The summed E-state index contributed by atoms with van der Waals surface area (Å²) < 4.78 is 2.11. The van der Waals surface area contributed by atoms with Crippen molar-refractivity contribution in [2.75, 3.05) is 13.1 Å². The van der Waals surface area contributed by atoms with Crippen molar-refractivity contribution in [2.45, 2.75) is 65.7 Å². The summed E-state index contributed by atoms with van der Waals surface area (Å²) in [6.45, 7) is 7.90. The highest BCUT2D eigenvalue weighted by Crippen LogP contribution is 2.22. The minimum absolute atomic E-state index is 0.435.